The molecule has 0 aliphatic rings. The summed E-state index contributed by atoms with van der Waals surface area (Å²) in [5, 5.41) is 3.46. The van der Waals surface area contributed by atoms with Crippen molar-refractivity contribution in [2.24, 2.45) is 0 Å². The monoisotopic (exact) mass is 247 g/mol. The Morgan fingerprint density at radius 3 is 2.11 bits per heavy atom. The van der Waals surface area contributed by atoms with Gasteiger partial charge in [0.05, 0.1) is 0 Å². The van der Waals surface area contributed by atoms with E-state index in [1.54, 1.807) is 0 Å². The summed E-state index contributed by atoms with van der Waals surface area (Å²) in [7, 11) is 0. The maximum Gasteiger partial charge on any atom is 0.0340 e. The maximum absolute atomic E-state index is 4.15. The largest absolute Gasteiger partial charge is 0.384 e. The predicted molar refractivity (Wildman–Crippen MR) is 81.1 cm³/mol. The van der Waals surface area contributed by atoms with Crippen molar-refractivity contribution in [1.29, 1.82) is 0 Å². The van der Waals surface area contributed by atoms with Crippen LogP contribution in [0.4, 0.5) is 5.69 Å². The molecule has 0 fully saturated rings. The van der Waals surface area contributed by atoms with Crippen molar-refractivity contribution in [3.63, 3.8) is 0 Å². The van der Waals surface area contributed by atoms with Crippen LogP contribution in [0, 0.1) is 6.92 Å². The van der Waals surface area contributed by atoms with Crippen LogP contribution in [0.2, 0.25) is 0 Å². The highest BCUT2D eigenvalue weighted by molar-refractivity contribution is 5.46. The number of nitrogens with zero attached hydrogens (tertiary/aromatic N) is 1. The van der Waals surface area contributed by atoms with E-state index in [1.807, 2.05) is 0 Å². The zero-order valence-corrected chi connectivity index (χ0v) is 12.3. The molecule has 1 aromatic rings. The van der Waals surface area contributed by atoms with Crippen LogP contribution in [-0.4, -0.2) is 31.1 Å². The van der Waals surface area contributed by atoms with Crippen molar-refractivity contribution >= 4 is 5.69 Å². The summed E-state index contributed by atoms with van der Waals surface area (Å²) >= 11 is 0. The van der Waals surface area contributed by atoms with Gasteiger partial charge >= 0.3 is 0 Å². The van der Waals surface area contributed by atoms with Crippen molar-refractivity contribution in [2.75, 3.05) is 31.5 Å². The quantitative estimate of drug-likeness (QED) is 0.792. The summed E-state index contributed by atoms with van der Waals surface area (Å²) in [4.78, 5) is 2.42. The smallest absolute Gasteiger partial charge is 0.0340 e. The van der Waals surface area contributed by atoms with E-state index >= 15 is 0 Å². The Morgan fingerprint density at radius 2 is 1.67 bits per heavy atom. The topological polar surface area (TPSA) is 15.3 Å². The first-order valence-corrected chi connectivity index (χ1v) is 6.89. The van der Waals surface area contributed by atoms with Crippen molar-refractivity contribution in [3.8, 4) is 0 Å². The summed E-state index contributed by atoms with van der Waals surface area (Å²) in [5.74, 6) is 0. The minimum atomic E-state index is -0.0141. The van der Waals surface area contributed by atoms with Gasteiger partial charge < -0.3 is 10.2 Å². The lowest BCUT2D eigenvalue weighted by Crippen LogP contribution is -2.28. The standard InChI is InChI=1S/C16H27N2/c1-6-18(7-2)13-12-17-15-10-8-14(9-11-15)16(3,4)5/h8-11,17H,3,6-7,12-13H2,1-2,4-5H3. The van der Waals surface area contributed by atoms with Crippen LogP contribution >= 0.6 is 0 Å². The second-order valence-corrected chi connectivity index (χ2v) is 5.41. The fraction of sp³-hybridized carbons (Fsp3) is 0.562. The molecule has 0 saturated heterocycles. The van der Waals surface area contributed by atoms with Gasteiger partial charge in [-0.25, -0.2) is 0 Å². The average molecular weight is 247 g/mol. The first-order chi connectivity index (χ1) is 8.47. The number of anilines is 1. The summed E-state index contributed by atoms with van der Waals surface area (Å²) in [6.07, 6.45) is 0. The summed E-state index contributed by atoms with van der Waals surface area (Å²) < 4.78 is 0. The Kier molecular flexibility index (Phi) is 5.67. The Labute approximate surface area is 112 Å². The Balaban J connectivity index is 2.45. The molecule has 101 valence electrons. The predicted octanol–water partition coefficient (Wildman–Crippen LogP) is 3.55. The average Bonchev–Trinajstić information content (AvgIpc) is 2.34. The second kappa shape index (κ2) is 6.79. The molecule has 0 amide bonds. The molecule has 1 aromatic carbocycles. The molecular formula is C16H27N2. The van der Waals surface area contributed by atoms with Crippen LogP contribution in [0.3, 0.4) is 0 Å². The Morgan fingerprint density at radius 1 is 1.11 bits per heavy atom. The molecule has 0 unspecified atom stereocenters. The molecule has 0 spiro atoms. The molecule has 1 radical (unpaired) electrons. The van der Waals surface area contributed by atoms with E-state index in [0.29, 0.717) is 0 Å². The number of likely N-dealkylation sites (N-methyl/N-ethyl adjacent to an activating group) is 1. The lowest BCUT2D eigenvalue weighted by atomic mass is 9.87. The van der Waals surface area contributed by atoms with Gasteiger partial charge in [0, 0.05) is 18.8 Å². The molecule has 0 aromatic heterocycles. The highest BCUT2D eigenvalue weighted by atomic mass is 15.1. The lowest BCUT2D eigenvalue weighted by molar-refractivity contribution is 0.316. The van der Waals surface area contributed by atoms with Gasteiger partial charge in [0.1, 0.15) is 0 Å². The normalized spacial score (nSPS) is 11.9. The number of hydrogen-bond donors (Lipinski definition) is 1. The van der Waals surface area contributed by atoms with E-state index in [4.69, 9.17) is 0 Å². The van der Waals surface area contributed by atoms with Crippen molar-refractivity contribution in [1.82, 2.24) is 4.90 Å². The van der Waals surface area contributed by atoms with Crippen LogP contribution in [0.15, 0.2) is 24.3 Å². The molecule has 0 bridgehead atoms. The fourth-order valence-corrected chi connectivity index (χ4v) is 1.94. The molecule has 0 heterocycles. The third-order valence-electron chi connectivity index (χ3n) is 3.32. The van der Waals surface area contributed by atoms with E-state index in [2.05, 4.69) is 69.1 Å². The first-order valence-electron chi connectivity index (χ1n) is 6.89. The molecule has 0 aliphatic carbocycles. The van der Waals surface area contributed by atoms with Gasteiger partial charge in [0.25, 0.3) is 0 Å². The van der Waals surface area contributed by atoms with Crippen LogP contribution < -0.4 is 5.32 Å². The van der Waals surface area contributed by atoms with E-state index in [0.717, 1.165) is 26.2 Å². The summed E-state index contributed by atoms with van der Waals surface area (Å²) in [6.45, 7) is 17.1. The van der Waals surface area contributed by atoms with Gasteiger partial charge in [-0.3, -0.25) is 0 Å². The maximum atomic E-state index is 4.15. The molecule has 1 rings (SSSR count). The Bertz CT molecular complexity index is 331. The lowest BCUT2D eigenvalue weighted by Gasteiger charge is -2.20. The molecule has 1 N–H and O–H groups in total. The van der Waals surface area contributed by atoms with Crippen LogP contribution in [0.25, 0.3) is 0 Å². The van der Waals surface area contributed by atoms with E-state index in [-0.39, 0.29) is 5.41 Å². The molecule has 2 heteroatoms. The molecular weight excluding hydrogens is 220 g/mol. The SMILES string of the molecule is [CH2]C(C)(C)c1ccc(NCCN(CC)CC)cc1. The van der Waals surface area contributed by atoms with E-state index in [1.165, 1.54) is 11.3 Å². The molecule has 0 aliphatic heterocycles. The molecule has 0 saturated carbocycles. The van der Waals surface area contributed by atoms with Crippen LogP contribution in [-0.2, 0) is 5.41 Å². The van der Waals surface area contributed by atoms with Crippen molar-refractivity contribution in [3.05, 3.63) is 36.8 Å². The minimum absolute atomic E-state index is 0.0141. The molecule has 0 atom stereocenters. The number of hydrogen-bond acceptors (Lipinski definition) is 2. The zero-order valence-electron chi connectivity index (χ0n) is 12.3. The van der Waals surface area contributed by atoms with Gasteiger partial charge in [0.15, 0.2) is 0 Å². The summed E-state index contributed by atoms with van der Waals surface area (Å²) in [6, 6.07) is 8.61. The highest BCUT2D eigenvalue weighted by Crippen LogP contribution is 2.22. The first kappa shape index (κ1) is 15.0. The van der Waals surface area contributed by atoms with Gasteiger partial charge in [-0.15, -0.1) is 0 Å². The van der Waals surface area contributed by atoms with Gasteiger partial charge in [-0.05, 0) is 43.1 Å². The third-order valence-corrected chi connectivity index (χ3v) is 3.32. The van der Waals surface area contributed by atoms with Gasteiger partial charge in [0.2, 0.25) is 0 Å². The van der Waals surface area contributed by atoms with Crippen LogP contribution in [0.5, 0.6) is 0 Å². The summed E-state index contributed by atoms with van der Waals surface area (Å²) in [5.41, 5.74) is 2.45. The molecule has 2 nitrogen and oxygen atoms in total. The minimum Gasteiger partial charge on any atom is -0.384 e. The zero-order chi connectivity index (χ0) is 13.6. The van der Waals surface area contributed by atoms with Crippen LogP contribution in [0.1, 0.15) is 33.3 Å². The van der Waals surface area contributed by atoms with Gasteiger partial charge in [-0.1, -0.05) is 39.8 Å². The van der Waals surface area contributed by atoms with E-state index in [9.17, 15) is 0 Å². The Hall–Kier alpha value is -1.02. The highest BCUT2D eigenvalue weighted by Gasteiger charge is 2.12. The van der Waals surface area contributed by atoms with Crippen molar-refractivity contribution < 1.29 is 0 Å². The fourth-order valence-electron chi connectivity index (χ4n) is 1.94. The number of benzene rings is 1. The van der Waals surface area contributed by atoms with Gasteiger partial charge in [-0.2, -0.15) is 0 Å². The second-order valence-electron chi connectivity index (χ2n) is 5.41. The van der Waals surface area contributed by atoms with Crippen molar-refractivity contribution in [2.45, 2.75) is 33.1 Å². The number of nitrogens with one attached hydrogen (secondary N) is 1. The number of rotatable bonds is 7. The molecule has 18 heavy (non-hydrogen) atoms. The van der Waals surface area contributed by atoms with E-state index < -0.39 is 0 Å². The third kappa shape index (κ3) is 4.69.